The molecule has 0 atom stereocenters. The number of hydrogen-bond acceptors (Lipinski definition) is 2. The van der Waals surface area contributed by atoms with E-state index < -0.39 is 0 Å². The SMILES string of the molecule is C=C(N=CC)C(=O)N(C)C=C(C)C. The average Bonchev–Trinajstić information content (AvgIpc) is 2.02. The molecule has 0 fully saturated rings. The van der Waals surface area contributed by atoms with Gasteiger partial charge in [-0.25, -0.2) is 0 Å². The van der Waals surface area contributed by atoms with Crippen molar-refractivity contribution in [2.24, 2.45) is 4.99 Å². The largest absolute Gasteiger partial charge is 0.317 e. The van der Waals surface area contributed by atoms with Crippen molar-refractivity contribution in [3.05, 3.63) is 24.0 Å². The Hall–Kier alpha value is -1.38. The second-order valence-corrected chi connectivity index (χ2v) is 2.96. The van der Waals surface area contributed by atoms with E-state index in [1.54, 1.807) is 26.4 Å². The molecule has 0 aliphatic heterocycles. The maximum Gasteiger partial charge on any atom is 0.275 e. The third-order valence-electron chi connectivity index (χ3n) is 1.30. The van der Waals surface area contributed by atoms with Gasteiger partial charge < -0.3 is 4.90 Å². The summed E-state index contributed by atoms with van der Waals surface area (Å²) in [7, 11) is 1.69. The zero-order valence-electron chi connectivity index (χ0n) is 8.66. The minimum absolute atomic E-state index is 0.181. The van der Waals surface area contributed by atoms with Crippen LogP contribution in [0.1, 0.15) is 20.8 Å². The van der Waals surface area contributed by atoms with E-state index in [-0.39, 0.29) is 11.6 Å². The van der Waals surface area contributed by atoms with Crippen molar-refractivity contribution in [1.82, 2.24) is 4.90 Å². The molecule has 1 amide bonds. The van der Waals surface area contributed by atoms with Crippen molar-refractivity contribution in [2.75, 3.05) is 7.05 Å². The number of carbonyl (C=O) groups is 1. The first kappa shape index (κ1) is 11.6. The predicted octanol–water partition coefficient (Wildman–Crippen LogP) is 1.97. The van der Waals surface area contributed by atoms with Gasteiger partial charge in [-0.2, -0.15) is 0 Å². The molecule has 0 unspecified atom stereocenters. The van der Waals surface area contributed by atoms with Gasteiger partial charge in [0.2, 0.25) is 0 Å². The van der Waals surface area contributed by atoms with E-state index in [1.807, 2.05) is 13.8 Å². The lowest BCUT2D eigenvalue weighted by molar-refractivity contribution is -0.123. The van der Waals surface area contributed by atoms with Crippen molar-refractivity contribution < 1.29 is 4.79 Å². The lowest BCUT2D eigenvalue weighted by Crippen LogP contribution is -2.21. The number of carbonyl (C=O) groups excluding carboxylic acids is 1. The molecule has 0 saturated carbocycles. The lowest BCUT2D eigenvalue weighted by Gasteiger charge is -2.11. The van der Waals surface area contributed by atoms with Gasteiger partial charge in [-0.15, -0.1) is 0 Å². The fourth-order valence-electron chi connectivity index (χ4n) is 0.861. The van der Waals surface area contributed by atoms with Crippen LogP contribution in [0.4, 0.5) is 0 Å². The number of rotatable bonds is 3. The molecule has 0 aromatic heterocycles. The molecule has 0 bridgehead atoms. The highest BCUT2D eigenvalue weighted by Crippen LogP contribution is 2.01. The van der Waals surface area contributed by atoms with Crippen LogP contribution in [0.25, 0.3) is 0 Å². The van der Waals surface area contributed by atoms with Crippen LogP contribution < -0.4 is 0 Å². The molecule has 0 rings (SSSR count). The van der Waals surface area contributed by atoms with E-state index in [1.165, 1.54) is 4.90 Å². The average molecular weight is 180 g/mol. The van der Waals surface area contributed by atoms with E-state index in [2.05, 4.69) is 11.6 Å². The van der Waals surface area contributed by atoms with Gasteiger partial charge in [0.25, 0.3) is 5.91 Å². The molecule has 0 aliphatic rings. The van der Waals surface area contributed by atoms with E-state index in [0.29, 0.717) is 0 Å². The number of amides is 1. The van der Waals surface area contributed by atoms with Crippen LogP contribution >= 0.6 is 0 Å². The zero-order chi connectivity index (χ0) is 10.4. The molecule has 0 spiro atoms. The van der Waals surface area contributed by atoms with Crippen LogP contribution in [0.15, 0.2) is 29.0 Å². The van der Waals surface area contributed by atoms with Crippen LogP contribution in [0.3, 0.4) is 0 Å². The standard InChI is InChI=1S/C10H16N2O/c1-6-11-9(4)10(13)12(5)7-8(2)3/h6-7H,4H2,1-3,5H3. The quantitative estimate of drug-likeness (QED) is 0.483. The van der Waals surface area contributed by atoms with Crippen molar-refractivity contribution in [3.8, 4) is 0 Å². The Morgan fingerprint density at radius 2 is 2.00 bits per heavy atom. The Morgan fingerprint density at radius 3 is 2.38 bits per heavy atom. The van der Waals surface area contributed by atoms with Crippen molar-refractivity contribution in [1.29, 1.82) is 0 Å². The van der Waals surface area contributed by atoms with Crippen LogP contribution in [0.5, 0.6) is 0 Å². The summed E-state index contributed by atoms with van der Waals surface area (Å²) in [6.07, 6.45) is 3.30. The Balaban J connectivity index is 4.44. The van der Waals surface area contributed by atoms with Crippen molar-refractivity contribution >= 4 is 12.1 Å². The summed E-state index contributed by atoms with van der Waals surface area (Å²) >= 11 is 0. The monoisotopic (exact) mass is 180 g/mol. The molecule has 3 heteroatoms. The Labute approximate surface area is 79.5 Å². The lowest BCUT2D eigenvalue weighted by atomic mass is 10.3. The second kappa shape index (κ2) is 5.30. The molecular formula is C10H16N2O. The first-order chi connectivity index (χ1) is 5.99. The third-order valence-corrected chi connectivity index (χ3v) is 1.30. The van der Waals surface area contributed by atoms with E-state index in [4.69, 9.17) is 0 Å². The molecule has 0 aromatic rings. The molecule has 0 N–H and O–H groups in total. The number of nitrogens with zero attached hydrogens (tertiary/aromatic N) is 2. The Bertz CT molecular complexity index is 260. The minimum Gasteiger partial charge on any atom is -0.317 e. The Morgan fingerprint density at radius 1 is 1.46 bits per heavy atom. The maximum absolute atomic E-state index is 11.4. The van der Waals surface area contributed by atoms with Crippen molar-refractivity contribution in [3.63, 3.8) is 0 Å². The van der Waals surface area contributed by atoms with Gasteiger partial charge in [-0.3, -0.25) is 9.79 Å². The summed E-state index contributed by atoms with van der Waals surface area (Å²) in [5.41, 5.74) is 1.31. The van der Waals surface area contributed by atoms with Crippen LogP contribution in [-0.2, 0) is 4.79 Å². The highest BCUT2D eigenvalue weighted by molar-refractivity contribution is 5.94. The summed E-state index contributed by atoms with van der Waals surface area (Å²) in [5, 5.41) is 0. The summed E-state index contributed by atoms with van der Waals surface area (Å²) < 4.78 is 0. The summed E-state index contributed by atoms with van der Waals surface area (Å²) in [6.45, 7) is 9.16. The van der Waals surface area contributed by atoms with Gasteiger partial charge >= 0.3 is 0 Å². The number of aliphatic imine (C=N–C) groups is 1. The van der Waals surface area contributed by atoms with Gasteiger partial charge in [0, 0.05) is 19.5 Å². The van der Waals surface area contributed by atoms with E-state index in [9.17, 15) is 4.79 Å². The van der Waals surface area contributed by atoms with E-state index in [0.717, 1.165) is 5.57 Å². The smallest absolute Gasteiger partial charge is 0.275 e. The number of likely N-dealkylation sites (N-methyl/N-ethyl adjacent to an activating group) is 1. The number of hydrogen-bond donors (Lipinski definition) is 0. The zero-order valence-corrected chi connectivity index (χ0v) is 8.66. The van der Waals surface area contributed by atoms with Crippen LogP contribution in [0.2, 0.25) is 0 Å². The van der Waals surface area contributed by atoms with Crippen LogP contribution in [-0.4, -0.2) is 24.1 Å². The molecule has 0 aliphatic carbocycles. The fourth-order valence-corrected chi connectivity index (χ4v) is 0.861. The highest BCUT2D eigenvalue weighted by atomic mass is 16.2. The first-order valence-electron chi connectivity index (χ1n) is 4.08. The molecule has 3 nitrogen and oxygen atoms in total. The van der Waals surface area contributed by atoms with Gasteiger partial charge in [-0.1, -0.05) is 12.2 Å². The molecule has 72 valence electrons. The van der Waals surface area contributed by atoms with Gasteiger partial charge in [-0.05, 0) is 20.8 Å². The van der Waals surface area contributed by atoms with E-state index >= 15 is 0 Å². The van der Waals surface area contributed by atoms with Gasteiger partial charge in [0.05, 0.1) is 0 Å². The van der Waals surface area contributed by atoms with Gasteiger partial charge in [0.15, 0.2) is 0 Å². The molecule has 0 radical (unpaired) electrons. The topological polar surface area (TPSA) is 32.7 Å². The molecule has 0 saturated heterocycles. The van der Waals surface area contributed by atoms with Crippen LogP contribution in [0, 0.1) is 0 Å². The van der Waals surface area contributed by atoms with Crippen molar-refractivity contribution in [2.45, 2.75) is 20.8 Å². The summed E-state index contributed by atoms with van der Waals surface area (Å²) in [6, 6.07) is 0. The fraction of sp³-hybridized carbons (Fsp3) is 0.400. The molecular weight excluding hydrogens is 164 g/mol. The minimum atomic E-state index is -0.181. The molecule has 0 heterocycles. The summed E-state index contributed by atoms with van der Waals surface area (Å²) in [4.78, 5) is 16.7. The highest BCUT2D eigenvalue weighted by Gasteiger charge is 2.08. The molecule has 13 heavy (non-hydrogen) atoms. The number of allylic oxidation sites excluding steroid dienone is 1. The van der Waals surface area contributed by atoms with Gasteiger partial charge in [0.1, 0.15) is 5.70 Å². The Kier molecular flexibility index (Phi) is 4.74. The molecule has 0 aromatic carbocycles. The summed E-state index contributed by atoms with van der Waals surface area (Å²) in [5.74, 6) is -0.181. The predicted molar refractivity (Wildman–Crippen MR) is 55.5 cm³/mol. The second-order valence-electron chi connectivity index (χ2n) is 2.96. The first-order valence-corrected chi connectivity index (χ1v) is 4.08. The maximum atomic E-state index is 11.4. The normalized spacial score (nSPS) is 9.85. The third kappa shape index (κ3) is 4.25.